The lowest BCUT2D eigenvalue weighted by Crippen LogP contribution is -2.19. The van der Waals surface area contributed by atoms with E-state index in [9.17, 15) is 0 Å². The van der Waals surface area contributed by atoms with Crippen molar-refractivity contribution < 1.29 is 0 Å². The summed E-state index contributed by atoms with van der Waals surface area (Å²) in [6.07, 6.45) is 3.99. The number of benzene rings is 1. The fourth-order valence-electron chi connectivity index (χ4n) is 2.75. The number of nitrogens with two attached hydrogens (primary N) is 1. The predicted octanol–water partition coefficient (Wildman–Crippen LogP) is 4.07. The largest absolute Gasteiger partial charge is 0.323 e. The second-order valence-electron chi connectivity index (χ2n) is 4.89. The molecule has 1 heterocycles. The Balaban J connectivity index is 1.93. The molecule has 0 saturated carbocycles. The summed E-state index contributed by atoms with van der Waals surface area (Å²) < 4.78 is 1.06. The van der Waals surface area contributed by atoms with Crippen molar-refractivity contribution in [3.63, 3.8) is 0 Å². The SMILES string of the molecule is NC(c1ccc(I)c(Cl)c1)C1CCc2cccnc21. The maximum absolute atomic E-state index is 6.43. The summed E-state index contributed by atoms with van der Waals surface area (Å²) >= 11 is 8.41. The van der Waals surface area contributed by atoms with Crippen molar-refractivity contribution in [1.29, 1.82) is 0 Å². The molecule has 2 unspecified atom stereocenters. The highest BCUT2D eigenvalue weighted by Crippen LogP contribution is 2.39. The van der Waals surface area contributed by atoms with E-state index in [0.29, 0.717) is 5.92 Å². The van der Waals surface area contributed by atoms with Gasteiger partial charge in [0.05, 0.1) is 5.02 Å². The van der Waals surface area contributed by atoms with Gasteiger partial charge in [-0.25, -0.2) is 0 Å². The number of aromatic nitrogens is 1. The molecular weight excluding hydrogens is 371 g/mol. The second-order valence-corrected chi connectivity index (χ2v) is 6.46. The fraction of sp³-hybridized carbons (Fsp3) is 0.267. The van der Waals surface area contributed by atoms with Crippen LogP contribution in [0.5, 0.6) is 0 Å². The molecule has 19 heavy (non-hydrogen) atoms. The topological polar surface area (TPSA) is 38.9 Å². The molecular formula is C15H14ClIN2. The summed E-state index contributed by atoms with van der Waals surface area (Å²) in [4.78, 5) is 4.51. The van der Waals surface area contributed by atoms with Crippen LogP contribution in [0.2, 0.25) is 5.02 Å². The lowest BCUT2D eigenvalue weighted by molar-refractivity contribution is 0.541. The molecule has 0 amide bonds. The van der Waals surface area contributed by atoms with Crippen molar-refractivity contribution >= 4 is 34.2 Å². The van der Waals surface area contributed by atoms with Gasteiger partial charge in [0.15, 0.2) is 0 Å². The lowest BCUT2D eigenvalue weighted by atomic mass is 9.91. The van der Waals surface area contributed by atoms with E-state index in [0.717, 1.165) is 32.7 Å². The third-order valence-corrected chi connectivity index (χ3v) is 5.34. The summed E-state index contributed by atoms with van der Waals surface area (Å²) in [7, 11) is 0. The second kappa shape index (κ2) is 5.38. The van der Waals surface area contributed by atoms with Crippen LogP contribution in [0.3, 0.4) is 0 Å². The monoisotopic (exact) mass is 384 g/mol. The third-order valence-electron chi connectivity index (χ3n) is 3.76. The minimum Gasteiger partial charge on any atom is -0.323 e. The molecule has 2 atom stereocenters. The molecule has 2 aromatic rings. The van der Waals surface area contributed by atoms with E-state index >= 15 is 0 Å². The molecule has 98 valence electrons. The molecule has 1 aliphatic rings. The van der Waals surface area contributed by atoms with Crippen molar-refractivity contribution in [2.24, 2.45) is 5.73 Å². The normalized spacial score (nSPS) is 19.2. The molecule has 0 radical (unpaired) electrons. The molecule has 0 saturated heterocycles. The van der Waals surface area contributed by atoms with Gasteiger partial charge in [0.25, 0.3) is 0 Å². The zero-order chi connectivity index (χ0) is 13.4. The van der Waals surface area contributed by atoms with Gasteiger partial charge in [0.2, 0.25) is 0 Å². The van der Waals surface area contributed by atoms with Crippen LogP contribution in [0.15, 0.2) is 36.5 Å². The molecule has 2 nitrogen and oxygen atoms in total. The van der Waals surface area contributed by atoms with Gasteiger partial charge in [-0.3, -0.25) is 4.98 Å². The van der Waals surface area contributed by atoms with E-state index in [1.165, 1.54) is 5.56 Å². The van der Waals surface area contributed by atoms with E-state index in [1.807, 2.05) is 24.4 Å². The van der Waals surface area contributed by atoms with Gasteiger partial charge in [0.1, 0.15) is 0 Å². The number of pyridine rings is 1. The van der Waals surface area contributed by atoms with Gasteiger partial charge in [-0.05, 0) is 64.8 Å². The van der Waals surface area contributed by atoms with E-state index in [2.05, 4.69) is 39.7 Å². The first-order chi connectivity index (χ1) is 9.16. The van der Waals surface area contributed by atoms with Crippen LogP contribution in [0.25, 0.3) is 0 Å². The van der Waals surface area contributed by atoms with Crippen LogP contribution in [0.4, 0.5) is 0 Å². The van der Waals surface area contributed by atoms with E-state index < -0.39 is 0 Å². The summed E-state index contributed by atoms with van der Waals surface area (Å²) in [5, 5.41) is 0.771. The molecule has 1 aliphatic carbocycles. The van der Waals surface area contributed by atoms with Crippen LogP contribution in [0, 0.1) is 3.57 Å². The van der Waals surface area contributed by atoms with Crippen molar-refractivity contribution in [1.82, 2.24) is 4.98 Å². The highest BCUT2D eigenvalue weighted by atomic mass is 127. The molecule has 0 spiro atoms. The van der Waals surface area contributed by atoms with Gasteiger partial charge < -0.3 is 5.73 Å². The maximum atomic E-state index is 6.43. The number of halogens is 2. The first-order valence-electron chi connectivity index (χ1n) is 6.31. The molecule has 0 bridgehead atoms. The highest BCUT2D eigenvalue weighted by molar-refractivity contribution is 14.1. The maximum Gasteiger partial charge on any atom is 0.0542 e. The van der Waals surface area contributed by atoms with Crippen LogP contribution < -0.4 is 5.73 Å². The van der Waals surface area contributed by atoms with Crippen LogP contribution in [-0.4, -0.2) is 4.98 Å². The van der Waals surface area contributed by atoms with Gasteiger partial charge in [-0.2, -0.15) is 0 Å². The molecule has 1 aromatic heterocycles. The van der Waals surface area contributed by atoms with E-state index in [4.69, 9.17) is 17.3 Å². The third kappa shape index (κ3) is 2.51. The first kappa shape index (κ1) is 13.3. The standard InChI is InChI=1S/C15H14ClIN2/c16-12-8-10(4-6-13(12)17)14(18)11-5-3-9-2-1-7-19-15(9)11/h1-2,4,6-8,11,14H,3,5,18H2. The Hall–Kier alpha value is -0.650. The van der Waals surface area contributed by atoms with E-state index in [1.54, 1.807) is 0 Å². The summed E-state index contributed by atoms with van der Waals surface area (Å²) in [5.74, 6) is 0.298. The number of hydrogen-bond donors (Lipinski definition) is 1. The number of fused-ring (bicyclic) bond motifs is 1. The fourth-order valence-corrected chi connectivity index (χ4v) is 3.27. The first-order valence-corrected chi connectivity index (χ1v) is 7.77. The van der Waals surface area contributed by atoms with Gasteiger partial charge >= 0.3 is 0 Å². The van der Waals surface area contributed by atoms with Crippen molar-refractivity contribution in [3.05, 3.63) is 61.9 Å². The predicted molar refractivity (Wildman–Crippen MR) is 86.4 cm³/mol. The summed E-state index contributed by atoms with van der Waals surface area (Å²) in [6.45, 7) is 0. The van der Waals surface area contributed by atoms with Gasteiger partial charge in [-0.15, -0.1) is 0 Å². The number of hydrogen-bond acceptors (Lipinski definition) is 2. The van der Waals surface area contributed by atoms with Crippen LogP contribution in [-0.2, 0) is 6.42 Å². The Morgan fingerprint density at radius 3 is 3.00 bits per heavy atom. The quantitative estimate of drug-likeness (QED) is 0.793. The molecule has 3 rings (SSSR count). The van der Waals surface area contributed by atoms with Crippen molar-refractivity contribution in [3.8, 4) is 0 Å². The Morgan fingerprint density at radius 2 is 2.21 bits per heavy atom. The van der Waals surface area contributed by atoms with Gasteiger partial charge in [0, 0.05) is 27.4 Å². The summed E-state index contributed by atoms with van der Waals surface area (Å²) in [5.41, 5.74) is 10.0. The Bertz CT molecular complexity index is 615. The average Bonchev–Trinajstić information content (AvgIpc) is 2.85. The number of aryl methyl sites for hydroxylation is 1. The van der Waals surface area contributed by atoms with Crippen molar-refractivity contribution in [2.45, 2.75) is 24.8 Å². The Kier molecular flexibility index (Phi) is 3.78. The summed E-state index contributed by atoms with van der Waals surface area (Å²) in [6, 6.07) is 10.2. The van der Waals surface area contributed by atoms with E-state index in [-0.39, 0.29) is 6.04 Å². The minimum absolute atomic E-state index is 0.0364. The molecule has 0 fully saturated rings. The van der Waals surface area contributed by atoms with Crippen molar-refractivity contribution in [2.75, 3.05) is 0 Å². The molecule has 1 aromatic carbocycles. The average molecular weight is 385 g/mol. The Labute approximate surface area is 131 Å². The van der Waals surface area contributed by atoms with Crippen LogP contribution in [0.1, 0.15) is 35.2 Å². The zero-order valence-corrected chi connectivity index (χ0v) is 13.2. The minimum atomic E-state index is -0.0364. The number of nitrogens with zero attached hydrogens (tertiary/aromatic N) is 1. The zero-order valence-electron chi connectivity index (χ0n) is 10.3. The molecule has 0 aliphatic heterocycles. The lowest BCUT2D eigenvalue weighted by Gasteiger charge is -2.20. The smallest absolute Gasteiger partial charge is 0.0542 e. The molecule has 2 N–H and O–H groups in total. The van der Waals surface area contributed by atoms with Crippen LogP contribution >= 0.6 is 34.2 Å². The highest BCUT2D eigenvalue weighted by Gasteiger charge is 2.29. The number of rotatable bonds is 2. The molecule has 4 heteroatoms. The van der Waals surface area contributed by atoms with Gasteiger partial charge in [-0.1, -0.05) is 23.7 Å². The Morgan fingerprint density at radius 1 is 1.37 bits per heavy atom.